The lowest BCUT2D eigenvalue weighted by Gasteiger charge is -2.24. The molecule has 6 heteroatoms. The Hall–Kier alpha value is -2.32. The summed E-state index contributed by atoms with van der Waals surface area (Å²) in [6.07, 6.45) is 4.37. The second-order valence-electron chi connectivity index (χ2n) is 6.24. The summed E-state index contributed by atoms with van der Waals surface area (Å²) < 4.78 is 0. The Morgan fingerprint density at radius 2 is 2.17 bits per heavy atom. The number of hydrogen-bond acceptors (Lipinski definition) is 5. The molecule has 24 heavy (non-hydrogen) atoms. The van der Waals surface area contributed by atoms with E-state index in [4.69, 9.17) is 16.9 Å². The van der Waals surface area contributed by atoms with Crippen LogP contribution in [0.3, 0.4) is 0 Å². The molecule has 0 bridgehead atoms. The first-order valence-electron chi connectivity index (χ1n) is 8.07. The van der Waals surface area contributed by atoms with Gasteiger partial charge in [-0.05, 0) is 49.9 Å². The number of hydrogen-bond donors (Lipinski definition) is 1. The van der Waals surface area contributed by atoms with Crippen molar-refractivity contribution in [3.63, 3.8) is 0 Å². The Morgan fingerprint density at radius 3 is 2.88 bits per heavy atom. The van der Waals surface area contributed by atoms with E-state index in [0.29, 0.717) is 22.7 Å². The summed E-state index contributed by atoms with van der Waals surface area (Å²) in [6.45, 7) is 6.06. The molecular weight excluding hydrogens is 322 g/mol. The van der Waals surface area contributed by atoms with E-state index >= 15 is 0 Å². The zero-order valence-corrected chi connectivity index (χ0v) is 14.6. The third kappa shape index (κ3) is 3.44. The first-order chi connectivity index (χ1) is 11.6. The SMILES string of the molecule is Cc1cc(C#N)ccc1NC(C)C1CCN(c2nccnc2Cl)C1. The summed E-state index contributed by atoms with van der Waals surface area (Å²) in [7, 11) is 0. The molecule has 1 N–H and O–H groups in total. The van der Waals surface area contributed by atoms with Crippen molar-refractivity contribution < 1.29 is 0 Å². The van der Waals surface area contributed by atoms with Crippen molar-refractivity contribution in [2.45, 2.75) is 26.3 Å². The Kier molecular flexibility index (Phi) is 4.86. The maximum absolute atomic E-state index is 8.97. The summed E-state index contributed by atoms with van der Waals surface area (Å²) in [5, 5.41) is 13.0. The number of benzene rings is 1. The van der Waals surface area contributed by atoms with E-state index in [1.54, 1.807) is 12.4 Å². The highest BCUT2D eigenvalue weighted by Gasteiger charge is 2.29. The molecule has 1 aliphatic rings. The van der Waals surface area contributed by atoms with Crippen LogP contribution in [0.2, 0.25) is 5.15 Å². The van der Waals surface area contributed by atoms with Gasteiger partial charge in [-0.1, -0.05) is 11.6 Å². The maximum atomic E-state index is 8.97. The molecule has 2 atom stereocenters. The summed E-state index contributed by atoms with van der Waals surface area (Å²) in [4.78, 5) is 10.7. The molecule has 0 spiro atoms. The average Bonchev–Trinajstić information content (AvgIpc) is 3.07. The van der Waals surface area contributed by atoms with Crippen molar-refractivity contribution >= 4 is 23.1 Å². The van der Waals surface area contributed by atoms with Gasteiger partial charge in [0.15, 0.2) is 11.0 Å². The van der Waals surface area contributed by atoms with Crippen LogP contribution in [0.15, 0.2) is 30.6 Å². The van der Waals surface area contributed by atoms with E-state index in [9.17, 15) is 0 Å². The van der Waals surface area contributed by atoms with Gasteiger partial charge in [0.2, 0.25) is 0 Å². The molecule has 1 saturated heterocycles. The van der Waals surface area contributed by atoms with Gasteiger partial charge in [0.05, 0.1) is 11.6 Å². The van der Waals surface area contributed by atoms with Crippen molar-refractivity contribution in [2.24, 2.45) is 5.92 Å². The highest BCUT2D eigenvalue weighted by Crippen LogP contribution is 2.29. The van der Waals surface area contributed by atoms with E-state index < -0.39 is 0 Å². The van der Waals surface area contributed by atoms with Crippen LogP contribution in [0.1, 0.15) is 24.5 Å². The minimum atomic E-state index is 0.317. The lowest BCUT2D eigenvalue weighted by Crippen LogP contribution is -2.30. The minimum absolute atomic E-state index is 0.317. The third-order valence-corrected chi connectivity index (χ3v) is 4.87. The van der Waals surface area contributed by atoms with Crippen LogP contribution in [0.4, 0.5) is 11.5 Å². The molecule has 3 rings (SSSR count). The summed E-state index contributed by atoms with van der Waals surface area (Å²) in [6, 6.07) is 8.23. The number of aryl methyl sites for hydroxylation is 1. The predicted octanol–water partition coefficient (Wildman–Crippen LogP) is 3.64. The predicted molar refractivity (Wildman–Crippen MR) is 96.3 cm³/mol. The number of nitriles is 1. The molecule has 5 nitrogen and oxygen atoms in total. The number of halogens is 1. The quantitative estimate of drug-likeness (QED) is 0.919. The molecule has 1 fully saturated rings. The monoisotopic (exact) mass is 341 g/mol. The number of anilines is 2. The highest BCUT2D eigenvalue weighted by atomic mass is 35.5. The number of aromatic nitrogens is 2. The topological polar surface area (TPSA) is 64.8 Å². The van der Waals surface area contributed by atoms with Gasteiger partial charge in [0.25, 0.3) is 0 Å². The van der Waals surface area contributed by atoms with Gasteiger partial charge in [-0.25, -0.2) is 9.97 Å². The molecule has 2 unspecified atom stereocenters. The van der Waals surface area contributed by atoms with Crippen LogP contribution in [0.25, 0.3) is 0 Å². The zero-order chi connectivity index (χ0) is 17.1. The molecule has 0 saturated carbocycles. The van der Waals surface area contributed by atoms with Crippen LogP contribution in [-0.2, 0) is 0 Å². The van der Waals surface area contributed by atoms with E-state index in [-0.39, 0.29) is 0 Å². The van der Waals surface area contributed by atoms with Crippen molar-refractivity contribution in [2.75, 3.05) is 23.3 Å². The summed E-state index contributed by atoms with van der Waals surface area (Å²) >= 11 is 6.15. The minimum Gasteiger partial charge on any atom is -0.382 e. The van der Waals surface area contributed by atoms with Crippen molar-refractivity contribution in [1.29, 1.82) is 5.26 Å². The van der Waals surface area contributed by atoms with Crippen molar-refractivity contribution in [1.82, 2.24) is 9.97 Å². The fourth-order valence-corrected chi connectivity index (χ4v) is 3.40. The van der Waals surface area contributed by atoms with E-state index in [2.05, 4.69) is 33.2 Å². The molecule has 124 valence electrons. The molecule has 2 heterocycles. The average molecular weight is 342 g/mol. The molecule has 0 amide bonds. The number of rotatable bonds is 4. The first kappa shape index (κ1) is 16.5. The Morgan fingerprint density at radius 1 is 1.38 bits per heavy atom. The van der Waals surface area contributed by atoms with Crippen molar-refractivity contribution in [3.05, 3.63) is 46.9 Å². The molecule has 2 aromatic rings. The van der Waals surface area contributed by atoms with Crippen LogP contribution in [0, 0.1) is 24.2 Å². The van der Waals surface area contributed by atoms with Gasteiger partial charge in [-0.15, -0.1) is 0 Å². The van der Waals surface area contributed by atoms with Crippen LogP contribution in [0.5, 0.6) is 0 Å². The normalized spacial score (nSPS) is 18.2. The van der Waals surface area contributed by atoms with Crippen LogP contribution >= 0.6 is 11.6 Å². The second-order valence-corrected chi connectivity index (χ2v) is 6.60. The Bertz CT molecular complexity index is 770. The van der Waals surface area contributed by atoms with Gasteiger partial charge >= 0.3 is 0 Å². The maximum Gasteiger partial charge on any atom is 0.171 e. The van der Waals surface area contributed by atoms with Gasteiger partial charge in [0, 0.05) is 37.2 Å². The van der Waals surface area contributed by atoms with Crippen molar-refractivity contribution in [3.8, 4) is 6.07 Å². The smallest absolute Gasteiger partial charge is 0.171 e. The first-order valence-corrected chi connectivity index (χ1v) is 8.45. The molecule has 1 aromatic carbocycles. The Balaban J connectivity index is 1.66. The lowest BCUT2D eigenvalue weighted by atomic mass is 9.99. The van der Waals surface area contributed by atoms with E-state index in [0.717, 1.165) is 36.6 Å². The standard InChI is InChI=1S/C18H20ClN5/c1-12-9-14(10-20)3-4-16(12)23-13(2)15-5-8-24(11-15)18-17(19)21-6-7-22-18/h3-4,6-7,9,13,15,23H,5,8,11H2,1-2H3. The fourth-order valence-electron chi connectivity index (χ4n) is 3.17. The largest absolute Gasteiger partial charge is 0.382 e. The third-order valence-electron chi connectivity index (χ3n) is 4.61. The van der Waals surface area contributed by atoms with E-state index in [1.165, 1.54) is 0 Å². The van der Waals surface area contributed by atoms with Crippen LogP contribution in [-0.4, -0.2) is 29.1 Å². The molecule has 0 aliphatic carbocycles. The summed E-state index contributed by atoms with van der Waals surface area (Å²) in [5.74, 6) is 1.27. The molecular formula is C18H20ClN5. The fraction of sp³-hybridized carbons (Fsp3) is 0.389. The highest BCUT2D eigenvalue weighted by molar-refractivity contribution is 6.31. The Labute approximate surface area is 147 Å². The second kappa shape index (κ2) is 7.06. The molecule has 0 radical (unpaired) electrons. The number of nitrogens with zero attached hydrogens (tertiary/aromatic N) is 4. The lowest BCUT2D eigenvalue weighted by molar-refractivity contribution is 0.514. The summed E-state index contributed by atoms with van der Waals surface area (Å²) in [5.41, 5.74) is 2.86. The molecule has 1 aliphatic heterocycles. The van der Waals surface area contributed by atoms with Gasteiger partial charge in [-0.3, -0.25) is 0 Å². The van der Waals surface area contributed by atoms with Gasteiger partial charge < -0.3 is 10.2 Å². The van der Waals surface area contributed by atoms with E-state index in [1.807, 2.05) is 25.1 Å². The van der Waals surface area contributed by atoms with Gasteiger partial charge in [0.1, 0.15) is 0 Å². The van der Waals surface area contributed by atoms with Crippen LogP contribution < -0.4 is 10.2 Å². The zero-order valence-electron chi connectivity index (χ0n) is 13.8. The molecule has 1 aromatic heterocycles. The van der Waals surface area contributed by atoms with Gasteiger partial charge in [-0.2, -0.15) is 5.26 Å². The number of nitrogens with one attached hydrogen (secondary N) is 1.